The molecule has 14 heavy (non-hydrogen) atoms. The number of thiophene rings is 1. The quantitative estimate of drug-likeness (QED) is 0.787. The second-order valence-electron chi connectivity index (χ2n) is 3.89. The minimum atomic E-state index is 0.200. The van der Waals surface area contributed by atoms with Gasteiger partial charge in [-0.1, -0.05) is 6.92 Å². The van der Waals surface area contributed by atoms with E-state index in [0.717, 1.165) is 6.42 Å². The van der Waals surface area contributed by atoms with E-state index in [2.05, 4.69) is 25.3 Å². The Morgan fingerprint density at radius 3 is 2.71 bits per heavy atom. The van der Waals surface area contributed by atoms with E-state index in [-0.39, 0.29) is 12.5 Å². The molecule has 80 valence electrons. The summed E-state index contributed by atoms with van der Waals surface area (Å²) in [6.07, 6.45) is 0.981. The van der Waals surface area contributed by atoms with Crippen molar-refractivity contribution in [3.63, 3.8) is 0 Å². The summed E-state index contributed by atoms with van der Waals surface area (Å²) >= 11 is 1.80. The largest absolute Gasteiger partial charge is 0.396 e. The van der Waals surface area contributed by atoms with Gasteiger partial charge in [-0.2, -0.15) is 0 Å². The van der Waals surface area contributed by atoms with Crippen molar-refractivity contribution < 1.29 is 5.11 Å². The molecule has 0 bridgehead atoms. The molecule has 0 aliphatic carbocycles. The highest BCUT2D eigenvalue weighted by atomic mass is 32.1. The second kappa shape index (κ2) is 5.49. The van der Waals surface area contributed by atoms with Crippen LogP contribution >= 0.6 is 11.3 Å². The van der Waals surface area contributed by atoms with Crippen LogP contribution in [-0.2, 0) is 0 Å². The molecule has 0 aliphatic rings. The van der Waals surface area contributed by atoms with Gasteiger partial charge in [0.05, 0.1) is 0 Å². The van der Waals surface area contributed by atoms with Gasteiger partial charge in [-0.25, -0.2) is 0 Å². The van der Waals surface area contributed by atoms with E-state index in [9.17, 15) is 0 Å². The lowest BCUT2D eigenvalue weighted by Crippen LogP contribution is -2.19. The normalized spacial score (nSPS) is 15.4. The van der Waals surface area contributed by atoms with Crippen LogP contribution in [0.25, 0.3) is 0 Å². The SMILES string of the molecule is Cc1ccsc1C(C)CC(CN)CO. The maximum Gasteiger partial charge on any atom is 0.0471 e. The predicted molar refractivity (Wildman–Crippen MR) is 61.7 cm³/mol. The van der Waals surface area contributed by atoms with Gasteiger partial charge < -0.3 is 10.8 Å². The van der Waals surface area contributed by atoms with E-state index in [1.807, 2.05) is 0 Å². The van der Waals surface area contributed by atoms with E-state index < -0.39 is 0 Å². The highest BCUT2D eigenvalue weighted by molar-refractivity contribution is 7.10. The van der Waals surface area contributed by atoms with Gasteiger partial charge >= 0.3 is 0 Å². The summed E-state index contributed by atoms with van der Waals surface area (Å²) in [6.45, 7) is 5.12. The number of aliphatic hydroxyl groups excluding tert-OH is 1. The molecule has 0 saturated carbocycles. The number of hydrogen-bond donors (Lipinski definition) is 2. The smallest absolute Gasteiger partial charge is 0.0471 e. The highest BCUT2D eigenvalue weighted by Gasteiger charge is 2.15. The molecular weight excluding hydrogens is 194 g/mol. The molecule has 0 amide bonds. The Hall–Kier alpha value is -0.380. The standard InChI is InChI=1S/C11H19NOS/c1-8-3-4-14-11(8)9(2)5-10(6-12)7-13/h3-4,9-10,13H,5-7,12H2,1-2H3. The second-order valence-corrected chi connectivity index (χ2v) is 4.84. The number of aryl methyl sites for hydroxylation is 1. The molecule has 2 nitrogen and oxygen atoms in total. The van der Waals surface area contributed by atoms with Crippen LogP contribution in [0, 0.1) is 12.8 Å². The maximum absolute atomic E-state index is 9.07. The molecule has 0 radical (unpaired) electrons. The van der Waals surface area contributed by atoms with Crippen LogP contribution in [0.1, 0.15) is 29.7 Å². The first-order valence-corrected chi connectivity index (χ1v) is 5.91. The first-order valence-electron chi connectivity index (χ1n) is 5.04. The Labute approximate surface area is 89.8 Å². The van der Waals surface area contributed by atoms with Gasteiger partial charge in [0.1, 0.15) is 0 Å². The molecular formula is C11H19NOS. The third-order valence-corrected chi connectivity index (χ3v) is 3.88. The van der Waals surface area contributed by atoms with E-state index in [1.54, 1.807) is 11.3 Å². The molecule has 0 spiro atoms. The van der Waals surface area contributed by atoms with E-state index in [1.165, 1.54) is 10.4 Å². The average Bonchev–Trinajstić information content (AvgIpc) is 2.60. The molecule has 1 heterocycles. The molecule has 3 heteroatoms. The van der Waals surface area contributed by atoms with Crippen LogP contribution in [-0.4, -0.2) is 18.3 Å². The molecule has 0 aromatic carbocycles. The summed E-state index contributed by atoms with van der Waals surface area (Å²) < 4.78 is 0. The summed E-state index contributed by atoms with van der Waals surface area (Å²) in [5, 5.41) is 11.2. The zero-order valence-corrected chi connectivity index (χ0v) is 9.68. The monoisotopic (exact) mass is 213 g/mol. The van der Waals surface area contributed by atoms with Crippen molar-refractivity contribution in [1.29, 1.82) is 0 Å². The van der Waals surface area contributed by atoms with Gasteiger partial charge in [0.15, 0.2) is 0 Å². The molecule has 1 aromatic heterocycles. The van der Waals surface area contributed by atoms with Gasteiger partial charge in [-0.15, -0.1) is 11.3 Å². The number of rotatable bonds is 5. The van der Waals surface area contributed by atoms with E-state index >= 15 is 0 Å². The molecule has 3 N–H and O–H groups in total. The minimum absolute atomic E-state index is 0.200. The van der Waals surface area contributed by atoms with Gasteiger partial charge in [-0.3, -0.25) is 0 Å². The first-order chi connectivity index (χ1) is 6.69. The van der Waals surface area contributed by atoms with Crippen LogP contribution in [0.15, 0.2) is 11.4 Å². The Morgan fingerprint density at radius 1 is 1.57 bits per heavy atom. The Bertz CT molecular complexity index is 268. The Balaban J connectivity index is 2.58. The van der Waals surface area contributed by atoms with E-state index in [0.29, 0.717) is 12.5 Å². The fourth-order valence-electron chi connectivity index (χ4n) is 1.74. The van der Waals surface area contributed by atoms with Crippen LogP contribution in [0.3, 0.4) is 0 Å². The predicted octanol–water partition coefficient (Wildman–Crippen LogP) is 2.12. The molecule has 0 fully saturated rings. The average molecular weight is 213 g/mol. The van der Waals surface area contributed by atoms with Gasteiger partial charge in [-0.05, 0) is 48.7 Å². The van der Waals surface area contributed by atoms with Crippen molar-refractivity contribution >= 4 is 11.3 Å². The van der Waals surface area contributed by atoms with Crippen molar-refractivity contribution in [2.24, 2.45) is 11.7 Å². The van der Waals surface area contributed by atoms with E-state index in [4.69, 9.17) is 10.8 Å². The first kappa shape index (κ1) is 11.7. The lowest BCUT2D eigenvalue weighted by atomic mass is 9.94. The van der Waals surface area contributed by atoms with Crippen LogP contribution < -0.4 is 5.73 Å². The summed E-state index contributed by atoms with van der Waals surface area (Å²) in [5.41, 5.74) is 6.92. The van der Waals surface area contributed by atoms with Crippen LogP contribution in [0.2, 0.25) is 0 Å². The molecule has 1 aromatic rings. The summed E-state index contributed by atoms with van der Waals surface area (Å²) in [7, 11) is 0. The summed E-state index contributed by atoms with van der Waals surface area (Å²) in [5.74, 6) is 0.752. The van der Waals surface area contributed by atoms with Crippen LogP contribution in [0.4, 0.5) is 0 Å². The van der Waals surface area contributed by atoms with Crippen molar-refractivity contribution in [2.75, 3.05) is 13.2 Å². The zero-order chi connectivity index (χ0) is 10.6. The number of hydrogen-bond acceptors (Lipinski definition) is 3. The van der Waals surface area contributed by atoms with Gasteiger partial charge in [0.2, 0.25) is 0 Å². The number of aliphatic hydroxyl groups is 1. The lowest BCUT2D eigenvalue weighted by Gasteiger charge is -2.17. The van der Waals surface area contributed by atoms with Crippen molar-refractivity contribution in [3.8, 4) is 0 Å². The van der Waals surface area contributed by atoms with Gasteiger partial charge in [0.25, 0.3) is 0 Å². The lowest BCUT2D eigenvalue weighted by molar-refractivity contribution is 0.217. The number of nitrogens with two attached hydrogens (primary N) is 1. The fourth-order valence-corrected chi connectivity index (χ4v) is 2.74. The van der Waals surface area contributed by atoms with Crippen molar-refractivity contribution in [1.82, 2.24) is 0 Å². The molecule has 0 aliphatic heterocycles. The maximum atomic E-state index is 9.07. The third kappa shape index (κ3) is 2.80. The van der Waals surface area contributed by atoms with Crippen LogP contribution in [0.5, 0.6) is 0 Å². The molecule has 2 unspecified atom stereocenters. The van der Waals surface area contributed by atoms with Crippen molar-refractivity contribution in [2.45, 2.75) is 26.2 Å². The summed E-state index contributed by atoms with van der Waals surface area (Å²) in [6, 6.07) is 2.15. The zero-order valence-electron chi connectivity index (χ0n) is 8.86. The molecule has 2 atom stereocenters. The Kier molecular flexibility index (Phi) is 4.58. The molecule has 1 rings (SSSR count). The summed E-state index contributed by atoms with van der Waals surface area (Å²) in [4.78, 5) is 1.43. The topological polar surface area (TPSA) is 46.2 Å². The minimum Gasteiger partial charge on any atom is -0.396 e. The third-order valence-electron chi connectivity index (χ3n) is 2.63. The molecule has 0 saturated heterocycles. The fraction of sp³-hybridized carbons (Fsp3) is 0.636. The highest BCUT2D eigenvalue weighted by Crippen LogP contribution is 2.29. The Morgan fingerprint density at radius 2 is 2.29 bits per heavy atom. The van der Waals surface area contributed by atoms with Gasteiger partial charge in [0, 0.05) is 11.5 Å². The van der Waals surface area contributed by atoms with Crippen molar-refractivity contribution in [3.05, 3.63) is 21.9 Å².